The summed E-state index contributed by atoms with van der Waals surface area (Å²) in [6.45, 7) is 0.417. The zero-order chi connectivity index (χ0) is 24.8. The van der Waals surface area contributed by atoms with E-state index in [0.717, 1.165) is 28.1 Å². The summed E-state index contributed by atoms with van der Waals surface area (Å²) in [6.07, 6.45) is 2.18. The Labute approximate surface area is 205 Å². The summed E-state index contributed by atoms with van der Waals surface area (Å²) >= 11 is 0. The molecule has 1 heterocycles. The third kappa shape index (κ3) is 5.30. The summed E-state index contributed by atoms with van der Waals surface area (Å²) in [5.41, 5.74) is 4.55. The topological polar surface area (TPSA) is 65.8 Å². The van der Waals surface area contributed by atoms with E-state index in [4.69, 9.17) is 19.3 Å². The van der Waals surface area contributed by atoms with Crippen LogP contribution in [0.5, 0.6) is 17.2 Å². The Hall–Kier alpha value is -4.26. The molecule has 0 bridgehead atoms. The average Bonchev–Trinajstić information content (AvgIpc) is 3.32. The van der Waals surface area contributed by atoms with E-state index < -0.39 is 0 Å². The number of benzene rings is 3. The van der Waals surface area contributed by atoms with Gasteiger partial charge in [-0.3, -0.25) is 4.79 Å². The Balaban J connectivity index is 1.59. The summed E-state index contributed by atoms with van der Waals surface area (Å²) in [4.78, 5) is 14.9. The van der Waals surface area contributed by atoms with Crippen molar-refractivity contribution in [1.29, 1.82) is 0 Å². The maximum atomic E-state index is 13.2. The first-order chi connectivity index (χ1) is 17.0. The van der Waals surface area contributed by atoms with Gasteiger partial charge in [-0.15, -0.1) is 0 Å². The molecule has 4 rings (SSSR count). The Morgan fingerprint density at radius 1 is 0.886 bits per heavy atom. The molecular weight excluding hydrogens is 442 g/mol. The van der Waals surface area contributed by atoms with E-state index in [0.29, 0.717) is 23.8 Å². The second-order valence-corrected chi connectivity index (χ2v) is 8.11. The first-order valence-corrected chi connectivity index (χ1v) is 11.3. The Morgan fingerprint density at radius 2 is 1.49 bits per heavy atom. The number of methoxy groups -OCH3 is 3. The van der Waals surface area contributed by atoms with E-state index in [1.165, 1.54) is 0 Å². The Bertz CT molecular complexity index is 1260. The Morgan fingerprint density at radius 3 is 2.06 bits per heavy atom. The van der Waals surface area contributed by atoms with Crippen molar-refractivity contribution in [2.75, 3.05) is 28.4 Å². The van der Waals surface area contributed by atoms with Gasteiger partial charge >= 0.3 is 0 Å². The lowest BCUT2D eigenvalue weighted by molar-refractivity contribution is -0.129. The normalized spacial score (nSPS) is 10.6. The van der Waals surface area contributed by atoms with E-state index in [-0.39, 0.29) is 12.3 Å². The van der Waals surface area contributed by atoms with Gasteiger partial charge in [0.1, 0.15) is 0 Å². The molecule has 0 fully saturated rings. The molecule has 1 amide bonds. The fourth-order valence-electron chi connectivity index (χ4n) is 3.97. The monoisotopic (exact) mass is 471 g/mol. The number of hydrogen-bond acceptors (Lipinski definition) is 5. The van der Waals surface area contributed by atoms with E-state index in [1.807, 2.05) is 71.5 Å². The van der Waals surface area contributed by atoms with Crippen LogP contribution >= 0.6 is 0 Å². The number of likely N-dealkylation sites (N-methyl/N-ethyl adjacent to an activating group) is 1. The number of hydrogen-bond donors (Lipinski definition) is 0. The molecular formula is C28H29N3O4. The molecule has 0 aliphatic carbocycles. The summed E-state index contributed by atoms with van der Waals surface area (Å²) in [6, 6.07) is 23.5. The predicted octanol–water partition coefficient (Wildman–Crippen LogP) is 4.77. The van der Waals surface area contributed by atoms with Crippen LogP contribution in [0.4, 0.5) is 0 Å². The van der Waals surface area contributed by atoms with Crippen LogP contribution in [0.15, 0.2) is 79.0 Å². The molecule has 0 saturated carbocycles. The number of carbonyl (C=O) groups excluding carboxylic acids is 1. The van der Waals surface area contributed by atoms with Crippen LogP contribution in [0.2, 0.25) is 0 Å². The minimum absolute atomic E-state index is 0.0363. The predicted molar refractivity (Wildman–Crippen MR) is 135 cm³/mol. The SMILES string of the molecule is COc1cc(CC(=O)N(C)Cc2cn(-c3ccccc3)nc2-c2ccccc2)cc(OC)c1OC. The molecule has 0 saturated heterocycles. The van der Waals surface area contributed by atoms with Crippen LogP contribution in [-0.2, 0) is 17.8 Å². The van der Waals surface area contributed by atoms with Gasteiger partial charge in [-0.1, -0.05) is 48.5 Å². The minimum atomic E-state index is -0.0363. The summed E-state index contributed by atoms with van der Waals surface area (Å²) in [5.74, 6) is 1.51. The molecule has 7 heteroatoms. The van der Waals surface area contributed by atoms with Crippen molar-refractivity contribution in [3.63, 3.8) is 0 Å². The van der Waals surface area contributed by atoms with Gasteiger partial charge in [0, 0.05) is 30.9 Å². The highest BCUT2D eigenvalue weighted by Gasteiger charge is 2.19. The molecule has 0 radical (unpaired) electrons. The highest BCUT2D eigenvalue weighted by molar-refractivity contribution is 5.79. The molecule has 180 valence electrons. The number of ether oxygens (including phenoxy) is 3. The second-order valence-electron chi connectivity index (χ2n) is 8.11. The quantitative estimate of drug-likeness (QED) is 0.352. The maximum absolute atomic E-state index is 13.2. The highest BCUT2D eigenvalue weighted by Crippen LogP contribution is 2.38. The van der Waals surface area contributed by atoms with Crippen LogP contribution < -0.4 is 14.2 Å². The fourth-order valence-corrected chi connectivity index (χ4v) is 3.97. The second kappa shape index (κ2) is 10.8. The average molecular weight is 472 g/mol. The molecule has 3 aromatic carbocycles. The van der Waals surface area contributed by atoms with Gasteiger partial charge in [-0.2, -0.15) is 5.10 Å². The van der Waals surface area contributed by atoms with Crippen LogP contribution in [-0.4, -0.2) is 49.0 Å². The first-order valence-electron chi connectivity index (χ1n) is 11.3. The molecule has 7 nitrogen and oxygen atoms in total. The first kappa shape index (κ1) is 23.9. The van der Waals surface area contributed by atoms with Crippen molar-refractivity contribution in [2.24, 2.45) is 0 Å². The van der Waals surface area contributed by atoms with Crippen molar-refractivity contribution in [1.82, 2.24) is 14.7 Å². The fraction of sp³-hybridized carbons (Fsp3) is 0.214. The van der Waals surface area contributed by atoms with E-state index in [2.05, 4.69) is 0 Å². The molecule has 0 aliphatic rings. The molecule has 35 heavy (non-hydrogen) atoms. The van der Waals surface area contributed by atoms with Crippen LogP contribution in [0, 0.1) is 0 Å². The van der Waals surface area contributed by atoms with Crippen molar-refractivity contribution < 1.29 is 19.0 Å². The lowest BCUT2D eigenvalue weighted by atomic mass is 10.1. The lowest BCUT2D eigenvalue weighted by Crippen LogP contribution is -2.27. The minimum Gasteiger partial charge on any atom is -0.493 e. The lowest BCUT2D eigenvalue weighted by Gasteiger charge is -2.18. The summed E-state index contributed by atoms with van der Waals surface area (Å²) < 4.78 is 18.1. The van der Waals surface area contributed by atoms with E-state index >= 15 is 0 Å². The molecule has 0 unspecified atom stereocenters. The largest absolute Gasteiger partial charge is 0.493 e. The summed E-state index contributed by atoms with van der Waals surface area (Å²) in [7, 11) is 6.48. The number of aromatic nitrogens is 2. The van der Waals surface area contributed by atoms with E-state index in [1.54, 1.807) is 45.4 Å². The smallest absolute Gasteiger partial charge is 0.227 e. The number of carbonyl (C=O) groups is 1. The molecule has 0 aliphatic heterocycles. The van der Waals surface area contributed by atoms with Gasteiger partial charge in [0.2, 0.25) is 11.7 Å². The standard InChI is InChI=1S/C28H29N3O4/c1-30(26(32)17-20-15-24(33-2)28(35-4)25(16-20)34-3)18-22-19-31(23-13-9-6-10-14-23)29-27(22)21-11-7-5-8-12-21/h5-16,19H,17-18H2,1-4H3. The van der Waals surface area contributed by atoms with Crippen LogP contribution in [0.1, 0.15) is 11.1 Å². The highest BCUT2D eigenvalue weighted by atomic mass is 16.5. The molecule has 4 aromatic rings. The molecule has 0 atom stereocenters. The van der Waals surface area contributed by atoms with E-state index in [9.17, 15) is 4.79 Å². The van der Waals surface area contributed by atoms with Crippen molar-refractivity contribution in [2.45, 2.75) is 13.0 Å². The number of nitrogens with zero attached hydrogens (tertiary/aromatic N) is 3. The maximum Gasteiger partial charge on any atom is 0.227 e. The van der Waals surface area contributed by atoms with Crippen molar-refractivity contribution in [3.05, 3.63) is 90.1 Å². The molecule has 1 aromatic heterocycles. The van der Waals surface area contributed by atoms with Gasteiger partial charge in [0.15, 0.2) is 11.5 Å². The van der Waals surface area contributed by atoms with Gasteiger partial charge in [0.05, 0.1) is 39.1 Å². The van der Waals surface area contributed by atoms with Gasteiger partial charge in [0.25, 0.3) is 0 Å². The van der Waals surface area contributed by atoms with Crippen molar-refractivity contribution in [3.8, 4) is 34.2 Å². The van der Waals surface area contributed by atoms with Gasteiger partial charge in [-0.05, 0) is 29.8 Å². The number of amides is 1. The van der Waals surface area contributed by atoms with Crippen LogP contribution in [0.25, 0.3) is 16.9 Å². The zero-order valence-corrected chi connectivity index (χ0v) is 20.4. The van der Waals surface area contributed by atoms with Crippen molar-refractivity contribution >= 4 is 5.91 Å². The van der Waals surface area contributed by atoms with Crippen LogP contribution in [0.3, 0.4) is 0 Å². The third-order valence-corrected chi connectivity index (χ3v) is 5.77. The zero-order valence-electron chi connectivity index (χ0n) is 20.4. The molecule has 0 N–H and O–H groups in total. The molecule has 0 spiro atoms. The third-order valence-electron chi connectivity index (χ3n) is 5.77. The van der Waals surface area contributed by atoms with Gasteiger partial charge in [-0.25, -0.2) is 4.68 Å². The summed E-state index contributed by atoms with van der Waals surface area (Å²) in [5, 5.41) is 4.84. The number of rotatable bonds is 9. The number of para-hydroxylation sites is 1. The Kier molecular flexibility index (Phi) is 7.35. The van der Waals surface area contributed by atoms with Gasteiger partial charge < -0.3 is 19.1 Å².